The molecule has 2 heterocycles. The molecule has 2 aliphatic rings. The molecular weight excluding hydrogens is 244 g/mol. The molecule has 0 aromatic heterocycles. The summed E-state index contributed by atoms with van der Waals surface area (Å²) in [6.45, 7) is 7.55. The molecule has 19 heavy (non-hydrogen) atoms. The average molecular weight is 270 g/mol. The Labute approximate surface area is 115 Å². The molecule has 0 saturated carbocycles. The van der Waals surface area contributed by atoms with Crippen molar-refractivity contribution in [2.75, 3.05) is 52.5 Å². The highest BCUT2D eigenvalue weighted by Gasteiger charge is 2.33. The van der Waals surface area contributed by atoms with Gasteiger partial charge in [0.1, 0.15) is 0 Å². The van der Waals surface area contributed by atoms with Crippen LogP contribution in [0.25, 0.3) is 0 Å². The number of hydrogen-bond acceptors (Lipinski definition) is 4. The smallest absolute Gasteiger partial charge is 0.236 e. The number of rotatable bonds is 4. The van der Waals surface area contributed by atoms with Gasteiger partial charge < -0.3 is 14.7 Å². The molecule has 0 aromatic rings. The Bertz CT molecular complexity index is 289. The monoisotopic (exact) mass is 270 g/mol. The summed E-state index contributed by atoms with van der Waals surface area (Å²) in [5.41, 5.74) is 0.0957. The van der Waals surface area contributed by atoms with Crippen molar-refractivity contribution in [3.8, 4) is 0 Å². The molecule has 0 radical (unpaired) electrons. The van der Waals surface area contributed by atoms with E-state index in [0.29, 0.717) is 19.8 Å². The number of ether oxygens (including phenoxy) is 1. The first-order valence-corrected chi connectivity index (χ1v) is 7.38. The second-order valence-corrected chi connectivity index (χ2v) is 5.78. The first-order chi connectivity index (χ1) is 9.19. The first-order valence-electron chi connectivity index (χ1n) is 7.38. The molecular formula is C14H26N2O3. The quantitative estimate of drug-likeness (QED) is 0.800. The normalized spacial score (nSPS) is 24.4. The molecule has 110 valence electrons. The van der Waals surface area contributed by atoms with Gasteiger partial charge in [0.25, 0.3) is 0 Å². The van der Waals surface area contributed by atoms with E-state index in [1.807, 2.05) is 4.90 Å². The number of nitrogens with zero attached hydrogens (tertiary/aromatic N) is 2. The Morgan fingerprint density at radius 1 is 1.21 bits per heavy atom. The standard InChI is InChI=1S/C14H26N2O3/c1-2-14(12-17)3-5-15(6-4-14)11-13(18)16-7-9-19-10-8-16/h17H,2-12H2,1H3. The lowest BCUT2D eigenvalue weighted by molar-refractivity contribution is -0.137. The number of morpholine rings is 1. The highest BCUT2D eigenvalue weighted by molar-refractivity contribution is 5.78. The molecule has 5 heteroatoms. The summed E-state index contributed by atoms with van der Waals surface area (Å²) in [5.74, 6) is 0.219. The number of aliphatic hydroxyl groups excluding tert-OH is 1. The van der Waals surface area contributed by atoms with Crippen LogP contribution in [0.2, 0.25) is 0 Å². The second-order valence-electron chi connectivity index (χ2n) is 5.78. The van der Waals surface area contributed by atoms with E-state index in [9.17, 15) is 9.90 Å². The molecule has 2 rings (SSSR count). The first kappa shape index (κ1) is 14.8. The molecule has 0 aromatic carbocycles. The van der Waals surface area contributed by atoms with Gasteiger partial charge in [-0.25, -0.2) is 0 Å². The van der Waals surface area contributed by atoms with E-state index in [0.717, 1.165) is 45.4 Å². The summed E-state index contributed by atoms with van der Waals surface area (Å²) >= 11 is 0. The van der Waals surface area contributed by atoms with Crippen LogP contribution in [-0.4, -0.2) is 73.4 Å². The van der Waals surface area contributed by atoms with Crippen LogP contribution in [0.1, 0.15) is 26.2 Å². The van der Waals surface area contributed by atoms with Crippen molar-refractivity contribution >= 4 is 5.91 Å². The van der Waals surface area contributed by atoms with Crippen molar-refractivity contribution in [1.29, 1.82) is 0 Å². The Kier molecular flexibility index (Phi) is 5.19. The Morgan fingerprint density at radius 2 is 1.84 bits per heavy atom. The largest absolute Gasteiger partial charge is 0.396 e. The van der Waals surface area contributed by atoms with Crippen LogP contribution in [0.3, 0.4) is 0 Å². The molecule has 2 saturated heterocycles. The number of piperidine rings is 1. The van der Waals surface area contributed by atoms with Crippen molar-refractivity contribution in [3.05, 3.63) is 0 Å². The maximum absolute atomic E-state index is 12.1. The Balaban J connectivity index is 1.77. The number of carbonyl (C=O) groups excluding carboxylic acids is 1. The summed E-state index contributed by atoms with van der Waals surface area (Å²) in [6, 6.07) is 0. The van der Waals surface area contributed by atoms with Crippen molar-refractivity contribution in [2.24, 2.45) is 5.41 Å². The minimum absolute atomic E-state index is 0.0957. The van der Waals surface area contributed by atoms with Gasteiger partial charge in [0, 0.05) is 19.7 Å². The van der Waals surface area contributed by atoms with Gasteiger partial charge in [-0.1, -0.05) is 6.92 Å². The van der Waals surface area contributed by atoms with Crippen molar-refractivity contribution in [3.63, 3.8) is 0 Å². The van der Waals surface area contributed by atoms with Gasteiger partial charge >= 0.3 is 0 Å². The van der Waals surface area contributed by atoms with Crippen molar-refractivity contribution in [1.82, 2.24) is 9.80 Å². The van der Waals surface area contributed by atoms with E-state index in [-0.39, 0.29) is 17.9 Å². The lowest BCUT2D eigenvalue weighted by Gasteiger charge is -2.40. The van der Waals surface area contributed by atoms with Gasteiger partial charge in [0.2, 0.25) is 5.91 Å². The molecule has 5 nitrogen and oxygen atoms in total. The number of aliphatic hydroxyl groups is 1. The predicted molar refractivity (Wildman–Crippen MR) is 72.9 cm³/mol. The fraction of sp³-hybridized carbons (Fsp3) is 0.929. The van der Waals surface area contributed by atoms with Gasteiger partial charge in [-0.2, -0.15) is 0 Å². The molecule has 0 aliphatic carbocycles. The Hall–Kier alpha value is -0.650. The number of hydrogen-bond donors (Lipinski definition) is 1. The van der Waals surface area contributed by atoms with Crippen LogP contribution in [0.4, 0.5) is 0 Å². The lowest BCUT2D eigenvalue weighted by Crippen LogP contribution is -2.49. The highest BCUT2D eigenvalue weighted by atomic mass is 16.5. The van der Waals surface area contributed by atoms with E-state index >= 15 is 0 Å². The summed E-state index contributed by atoms with van der Waals surface area (Å²) < 4.78 is 5.26. The van der Waals surface area contributed by atoms with E-state index < -0.39 is 0 Å². The summed E-state index contributed by atoms with van der Waals surface area (Å²) in [4.78, 5) is 16.3. The number of likely N-dealkylation sites (tertiary alicyclic amines) is 1. The Morgan fingerprint density at radius 3 is 2.37 bits per heavy atom. The van der Waals surface area contributed by atoms with Crippen molar-refractivity contribution in [2.45, 2.75) is 26.2 Å². The topological polar surface area (TPSA) is 53.0 Å². The molecule has 0 unspecified atom stereocenters. The summed E-state index contributed by atoms with van der Waals surface area (Å²) in [6.07, 6.45) is 3.02. The van der Waals surface area contributed by atoms with Crippen LogP contribution >= 0.6 is 0 Å². The zero-order chi connectivity index (χ0) is 13.7. The minimum atomic E-state index is 0.0957. The highest BCUT2D eigenvalue weighted by Crippen LogP contribution is 2.34. The molecule has 0 spiro atoms. The van der Waals surface area contributed by atoms with Gasteiger partial charge in [-0.15, -0.1) is 0 Å². The van der Waals surface area contributed by atoms with E-state index in [4.69, 9.17) is 4.74 Å². The third kappa shape index (κ3) is 3.68. The zero-order valence-corrected chi connectivity index (χ0v) is 11.9. The zero-order valence-electron chi connectivity index (χ0n) is 11.9. The molecule has 0 bridgehead atoms. The molecule has 2 fully saturated rings. The van der Waals surface area contributed by atoms with E-state index in [1.165, 1.54) is 0 Å². The van der Waals surface area contributed by atoms with Crippen LogP contribution in [0, 0.1) is 5.41 Å². The second kappa shape index (κ2) is 6.68. The van der Waals surface area contributed by atoms with Gasteiger partial charge in [-0.3, -0.25) is 9.69 Å². The third-order valence-corrected chi connectivity index (χ3v) is 4.72. The van der Waals surface area contributed by atoms with Crippen LogP contribution < -0.4 is 0 Å². The predicted octanol–water partition coefficient (Wildman–Crippen LogP) is 0.330. The van der Waals surface area contributed by atoms with E-state index in [2.05, 4.69) is 11.8 Å². The van der Waals surface area contributed by atoms with Gasteiger partial charge in [0.05, 0.1) is 19.8 Å². The van der Waals surface area contributed by atoms with Crippen LogP contribution in [0.5, 0.6) is 0 Å². The minimum Gasteiger partial charge on any atom is -0.396 e. The summed E-state index contributed by atoms with van der Waals surface area (Å²) in [7, 11) is 0. The summed E-state index contributed by atoms with van der Waals surface area (Å²) in [5, 5.41) is 9.51. The fourth-order valence-corrected chi connectivity index (χ4v) is 2.91. The van der Waals surface area contributed by atoms with Gasteiger partial charge in [0.15, 0.2) is 0 Å². The molecule has 2 aliphatic heterocycles. The maximum atomic E-state index is 12.1. The third-order valence-electron chi connectivity index (χ3n) is 4.72. The van der Waals surface area contributed by atoms with Crippen molar-refractivity contribution < 1.29 is 14.6 Å². The molecule has 1 N–H and O–H groups in total. The average Bonchev–Trinajstić information content (AvgIpc) is 2.49. The molecule has 1 amide bonds. The van der Waals surface area contributed by atoms with Gasteiger partial charge in [-0.05, 0) is 37.8 Å². The fourth-order valence-electron chi connectivity index (χ4n) is 2.91. The number of carbonyl (C=O) groups is 1. The van der Waals surface area contributed by atoms with Crippen LogP contribution in [0.15, 0.2) is 0 Å². The molecule has 0 atom stereocenters. The maximum Gasteiger partial charge on any atom is 0.236 e. The number of amides is 1. The lowest BCUT2D eigenvalue weighted by atomic mass is 9.77. The SMILES string of the molecule is CCC1(CO)CCN(CC(=O)N2CCOCC2)CC1. The van der Waals surface area contributed by atoms with E-state index in [1.54, 1.807) is 0 Å². The van der Waals surface area contributed by atoms with Crippen LogP contribution in [-0.2, 0) is 9.53 Å².